The summed E-state index contributed by atoms with van der Waals surface area (Å²) in [6.45, 7) is 0.682. The van der Waals surface area contributed by atoms with Gasteiger partial charge in [-0.05, 0) is 29.8 Å². The maximum Gasteiger partial charge on any atom is 0.236 e. The Balaban J connectivity index is 1.65. The van der Waals surface area contributed by atoms with Crippen LogP contribution in [0.4, 0.5) is 5.88 Å². The van der Waals surface area contributed by atoms with Gasteiger partial charge in [-0.15, -0.1) is 0 Å². The third-order valence-corrected chi connectivity index (χ3v) is 3.09. The summed E-state index contributed by atoms with van der Waals surface area (Å²) in [6.07, 6.45) is 3.42. The van der Waals surface area contributed by atoms with Gasteiger partial charge < -0.3 is 14.5 Å². The van der Waals surface area contributed by atoms with E-state index in [9.17, 15) is 0 Å². The average molecular weight is 306 g/mol. The van der Waals surface area contributed by atoms with Crippen molar-refractivity contribution in [2.45, 2.75) is 13.2 Å². The molecule has 0 radical (unpaired) electrons. The van der Waals surface area contributed by atoms with Crippen molar-refractivity contribution in [1.82, 2.24) is 9.97 Å². The highest BCUT2D eigenvalue weighted by atomic mass is 16.5. The molecule has 0 atom stereocenters. The van der Waals surface area contributed by atoms with Gasteiger partial charge in [-0.2, -0.15) is 10.2 Å². The number of anilines is 1. The van der Waals surface area contributed by atoms with Gasteiger partial charge in [-0.3, -0.25) is 4.98 Å². The van der Waals surface area contributed by atoms with Crippen molar-refractivity contribution in [3.05, 3.63) is 72.0 Å². The zero-order valence-corrected chi connectivity index (χ0v) is 12.3. The summed E-state index contributed by atoms with van der Waals surface area (Å²) < 4.78 is 11.1. The molecule has 6 heteroatoms. The van der Waals surface area contributed by atoms with Gasteiger partial charge in [0, 0.05) is 18.9 Å². The summed E-state index contributed by atoms with van der Waals surface area (Å²) in [5, 5.41) is 12.2. The summed E-state index contributed by atoms with van der Waals surface area (Å²) in [5.74, 6) is 1.41. The van der Waals surface area contributed by atoms with Gasteiger partial charge in [0.1, 0.15) is 11.8 Å². The van der Waals surface area contributed by atoms with Crippen LogP contribution in [0.15, 0.2) is 59.3 Å². The van der Waals surface area contributed by atoms with Crippen LogP contribution in [0.1, 0.15) is 17.1 Å². The van der Waals surface area contributed by atoms with E-state index in [4.69, 9.17) is 14.4 Å². The van der Waals surface area contributed by atoms with Crippen LogP contribution in [-0.2, 0) is 13.2 Å². The first kappa shape index (κ1) is 14.6. The van der Waals surface area contributed by atoms with Crippen molar-refractivity contribution >= 4 is 5.88 Å². The number of nitrogens with one attached hydrogen (secondary N) is 1. The maximum atomic E-state index is 9.15. The zero-order chi connectivity index (χ0) is 15.9. The lowest BCUT2D eigenvalue weighted by molar-refractivity contribution is 0.265. The van der Waals surface area contributed by atoms with Crippen LogP contribution in [0.25, 0.3) is 0 Å². The molecule has 114 valence electrons. The summed E-state index contributed by atoms with van der Waals surface area (Å²) in [4.78, 5) is 8.09. The Labute approximate surface area is 133 Å². The maximum absolute atomic E-state index is 9.15. The first-order chi connectivity index (χ1) is 11.3. The molecule has 1 aromatic carbocycles. The third kappa shape index (κ3) is 3.86. The van der Waals surface area contributed by atoms with Gasteiger partial charge in [0.15, 0.2) is 6.61 Å². The largest absolute Gasteiger partial charge is 0.484 e. The Morgan fingerprint density at radius 2 is 1.91 bits per heavy atom. The molecule has 0 amide bonds. The topological polar surface area (TPSA) is 84.0 Å². The molecule has 3 aromatic rings. The molecule has 0 fully saturated rings. The molecule has 0 aliphatic heterocycles. The predicted molar refractivity (Wildman–Crippen MR) is 83.6 cm³/mol. The number of hydrogen-bond acceptors (Lipinski definition) is 6. The first-order valence-corrected chi connectivity index (χ1v) is 7.05. The second-order valence-electron chi connectivity index (χ2n) is 4.71. The fraction of sp³-hybridized carbons (Fsp3) is 0.118. The Kier molecular flexibility index (Phi) is 4.50. The minimum absolute atomic E-state index is 0.162. The van der Waals surface area contributed by atoms with Gasteiger partial charge in [0.2, 0.25) is 17.5 Å². The fourth-order valence-corrected chi connectivity index (χ4v) is 1.97. The monoisotopic (exact) mass is 306 g/mol. The Morgan fingerprint density at radius 1 is 1.13 bits per heavy atom. The van der Waals surface area contributed by atoms with E-state index < -0.39 is 0 Å². The van der Waals surface area contributed by atoms with Crippen LogP contribution in [0.2, 0.25) is 0 Å². The molecule has 0 aliphatic rings. The van der Waals surface area contributed by atoms with E-state index in [0.717, 1.165) is 11.3 Å². The Bertz CT molecular complexity index is 794. The number of benzene rings is 1. The molecule has 3 rings (SSSR count). The van der Waals surface area contributed by atoms with Gasteiger partial charge in [-0.25, -0.2) is 0 Å². The van der Waals surface area contributed by atoms with Gasteiger partial charge >= 0.3 is 0 Å². The van der Waals surface area contributed by atoms with Crippen LogP contribution in [0.5, 0.6) is 5.75 Å². The summed E-state index contributed by atoms with van der Waals surface area (Å²) in [6, 6.07) is 15.1. The normalized spacial score (nSPS) is 10.0. The lowest BCUT2D eigenvalue weighted by Gasteiger charge is -2.03. The standard InChI is InChI=1S/C17H14N4O2/c18-10-15-17(20-11-13-6-8-19-9-7-13)23-16(21-15)12-22-14-4-2-1-3-5-14/h1-9,20H,11-12H2. The average Bonchev–Trinajstić information content (AvgIpc) is 3.02. The molecule has 2 heterocycles. The number of aromatic nitrogens is 2. The smallest absolute Gasteiger partial charge is 0.236 e. The Hall–Kier alpha value is -3.33. The van der Waals surface area contributed by atoms with Crippen molar-refractivity contribution in [2.75, 3.05) is 5.32 Å². The SMILES string of the molecule is N#Cc1nc(COc2ccccc2)oc1NCc1ccncc1. The molecule has 0 unspecified atom stereocenters. The van der Waals surface area contributed by atoms with E-state index >= 15 is 0 Å². The molecule has 6 nitrogen and oxygen atoms in total. The molecule has 23 heavy (non-hydrogen) atoms. The first-order valence-electron chi connectivity index (χ1n) is 7.05. The highest BCUT2D eigenvalue weighted by Gasteiger charge is 2.13. The number of para-hydroxylation sites is 1. The lowest BCUT2D eigenvalue weighted by atomic mass is 10.3. The molecular weight excluding hydrogens is 292 g/mol. The number of oxazole rings is 1. The van der Waals surface area contributed by atoms with Crippen molar-refractivity contribution < 1.29 is 9.15 Å². The van der Waals surface area contributed by atoms with Crippen LogP contribution < -0.4 is 10.1 Å². The molecule has 0 bridgehead atoms. The number of rotatable bonds is 6. The van der Waals surface area contributed by atoms with Gasteiger partial charge in [0.05, 0.1) is 0 Å². The Morgan fingerprint density at radius 3 is 2.65 bits per heavy atom. The van der Waals surface area contributed by atoms with Crippen LogP contribution in [0, 0.1) is 11.3 Å². The van der Waals surface area contributed by atoms with E-state index in [1.165, 1.54) is 0 Å². The molecule has 0 saturated heterocycles. The quantitative estimate of drug-likeness (QED) is 0.753. The number of pyridine rings is 1. The van der Waals surface area contributed by atoms with Crippen molar-refractivity contribution in [1.29, 1.82) is 5.26 Å². The fourth-order valence-electron chi connectivity index (χ4n) is 1.97. The van der Waals surface area contributed by atoms with E-state index in [1.54, 1.807) is 12.4 Å². The van der Waals surface area contributed by atoms with E-state index in [2.05, 4.69) is 15.3 Å². The lowest BCUT2D eigenvalue weighted by Crippen LogP contribution is -1.99. The molecule has 0 saturated carbocycles. The highest BCUT2D eigenvalue weighted by molar-refractivity contribution is 5.45. The summed E-state index contributed by atoms with van der Waals surface area (Å²) in [7, 11) is 0. The van der Waals surface area contributed by atoms with E-state index in [-0.39, 0.29) is 12.3 Å². The minimum Gasteiger partial charge on any atom is -0.484 e. The highest BCUT2D eigenvalue weighted by Crippen LogP contribution is 2.19. The van der Waals surface area contributed by atoms with E-state index in [0.29, 0.717) is 18.3 Å². The molecule has 0 spiro atoms. The third-order valence-electron chi connectivity index (χ3n) is 3.09. The molecule has 0 aliphatic carbocycles. The molecule has 1 N–H and O–H groups in total. The molecule has 2 aromatic heterocycles. The number of nitriles is 1. The van der Waals surface area contributed by atoms with Crippen LogP contribution >= 0.6 is 0 Å². The number of ether oxygens (including phenoxy) is 1. The van der Waals surface area contributed by atoms with Crippen molar-refractivity contribution in [3.8, 4) is 11.8 Å². The van der Waals surface area contributed by atoms with Crippen LogP contribution in [-0.4, -0.2) is 9.97 Å². The van der Waals surface area contributed by atoms with Gasteiger partial charge in [0.25, 0.3) is 0 Å². The van der Waals surface area contributed by atoms with Crippen molar-refractivity contribution in [3.63, 3.8) is 0 Å². The number of nitrogens with zero attached hydrogens (tertiary/aromatic N) is 3. The second-order valence-corrected chi connectivity index (χ2v) is 4.71. The molecular formula is C17H14N4O2. The zero-order valence-electron chi connectivity index (χ0n) is 12.3. The number of hydrogen-bond donors (Lipinski definition) is 1. The summed E-state index contributed by atoms with van der Waals surface area (Å²) in [5.41, 5.74) is 1.24. The van der Waals surface area contributed by atoms with Gasteiger partial charge in [-0.1, -0.05) is 18.2 Å². The summed E-state index contributed by atoms with van der Waals surface area (Å²) >= 11 is 0. The van der Waals surface area contributed by atoms with Crippen LogP contribution in [0.3, 0.4) is 0 Å². The van der Waals surface area contributed by atoms with Crippen molar-refractivity contribution in [2.24, 2.45) is 0 Å². The second kappa shape index (κ2) is 7.09. The minimum atomic E-state index is 0.162. The predicted octanol–water partition coefficient (Wildman–Crippen LogP) is 3.13. The van der Waals surface area contributed by atoms with E-state index in [1.807, 2.05) is 48.5 Å².